The van der Waals surface area contributed by atoms with Crippen LogP contribution in [0.1, 0.15) is 42.1 Å². The third-order valence-corrected chi connectivity index (χ3v) is 4.18. The third kappa shape index (κ3) is 2.73. The lowest BCUT2D eigenvalue weighted by molar-refractivity contribution is 0.0523. The van der Waals surface area contributed by atoms with Gasteiger partial charge in [-0.05, 0) is 43.9 Å². The molecule has 1 aromatic carbocycles. The summed E-state index contributed by atoms with van der Waals surface area (Å²) in [5.74, 6) is -0.440. The van der Waals surface area contributed by atoms with E-state index in [1.807, 2.05) is 24.3 Å². The normalized spacial score (nSPS) is 17.0. The molecular formula is C18H21NO3. The maximum atomic E-state index is 12.2. The second kappa shape index (κ2) is 6.26. The van der Waals surface area contributed by atoms with Gasteiger partial charge in [-0.3, -0.25) is 0 Å². The van der Waals surface area contributed by atoms with E-state index >= 15 is 0 Å². The number of esters is 1. The van der Waals surface area contributed by atoms with Crippen LogP contribution in [0.5, 0.6) is 5.75 Å². The highest BCUT2D eigenvalue weighted by Crippen LogP contribution is 2.37. The highest BCUT2D eigenvalue weighted by atomic mass is 16.5. The lowest BCUT2D eigenvalue weighted by Gasteiger charge is -2.21. The summed E-state index contributed by atoms with van der Waals surface area (Å²) < 4.78 is 5.09. The second-order valence-electron chi connectivity index (χ2n) is 5.63. The van der Waals surface area contributed by atoms with Crippen molar-refractivity contribution in [1.29, 1.82) is 0 Å². The van der Waals surface area contributed by atoms with Gasteiger partial charge in [0.2, 0.25) is 0 Å². The second-order valence-corrected chi connectivity index (χ2v) is 5.63. The summed E-state index contributed by atoms with van der Waals surface area (Å²) in [7, 11) is 0. The Morgan fingerprint density at radius 2 is 2.09 bits per heavy atom. The molecule has 22 heavy (non-hydrogen) atoms. The van der Waals surface area contributed by atoms with Crippen LogP contribution in [0.2, 0.25) is 0 Å². The maximum absolute atomic E-state index is 12.2. The summed E-state index contributed by atoms with van der Waals surface area (Å²) >= 11 is 0. The number of aromatic hydroxyl groups is 1. The SMILES string of the molecule is CCOC(=O)c1cc(N2CCCC2)cc(C2=CC=CC2)c1O. The Hall–Kier alpha value is -2.23. The molecule has 0 radical (unpaired) electrons. The van der Waals surface area contributed by atoms with Crippen molar-refractivity contribution >= 4 is 17.2 Å². The van der Waals surface area contributed by atoms with E-state index < -0.39 is 5.97 Å². The molecule has 0 aromatic heterocycles. The van der Waals surface area contributed by atoms with Crippen LogP contribution in [-0.2, 0) is 4.74 Å². The summed E-state index contributed by atoms with van der Waals surface area (Å²) in [4.78, 5) is 14.4. The fraction of sp³-hybridized carbons (Fsp3) is 0.389. The highest BCUT2D eigenvalue weighted by molar-refractivity contribution is 5.96. The van der Waals surface area contributed by atoms with Gasteiger partial charge in [0, 0.05) is 24.3 Å². The first kappa shape index (κ1) is 14.7. The van der Waals surface area contributed by atoms with E-state index in [4.69, 9.17) is 4.74 Å². The van der Waals surface area contributed by atoms with Crippen molar-refractivity contribution in [2.24, 2.45) is 0 Å². The predicted octanol–water partition coefficient (Wildman–Crippen LogP) is 3.51. The van der Waals surface area contributed by atoms with E-state index in [0.29, 0.717) is 6.61 Å². The predicted molar refractivity (Wildman–Crippen MR) is 87.2 cm³/mol. The summed E-state index contributed by atoms with van der Waals surface area (Å²) in [6.07, 6.45) is 9.10. The van der Waals surface area contributed by atoms with Gasteiger partial charge < -0.3 is 14.7 Å². The van der Waals surface area contributed by atoms with E-state index in [1.54, 1.807) is 13.0 Å². The van der Waals surface area contributed by atoms with Crippen LogP contribution in [0.4, 0.5) is 5.69 Å². The van der Waals surface area contributed by atoms with Gasteiger partial charge in [-0.25, -0.2) is 4.79 Å². The number of rotatable bonds is 4. The number of anilines is 1. The first-order valence-corrected chi connectivity index (χ1v) is 7.86. The molecule has 1 aromatic rings. The maximum Gasteiger partial charge on any atom is 0.342 e. The van der Waals surface area contributed by atoms with Crippen LogP contribution in [-0.4, -0.2) is 30.8 Å². The molecule has 0 atom stereocenters. The zero-order valence-electron chi connectivity index (χ0n) is 12.8. The third-order valence-electron chi connectivity index (χ3n) is 4.18. The van der Waals surface area contributed by atoms with Crippen molar-refractivity contribution < 1.29 is 14.6 Å². The smallest absolute Gasteiger partial charge is 0.342 e. The number of phenols is 1. The number of carbonyl (C=O) groups is 1. The molecule has 1 aliphatic carbocycles. The Morgan fingerprint density at radius 1 is 1.32 bits per heavy atom. The number of hydrogen-bond acceptors (Lipinski definition) is 4. The van der Waals surface area contributed by atoms with Crippen LogP contribution in [0.25, 0.3) is 5.57 Å². The van der Waals surface area contributed by atoms with E-state index in [-0.39, 0.29) is 11.3 Å². The van der Waals surface area contributed by atoms with Crippen molar-refractivity contribution in [1.82, 2.24) is 0 Å². The minimum atomic E-state index is -0.464. The average Bonchev–Trinajstić information content (AvgIpc) is 3.21. The number of benzene rings is 1. The number of allylic oxidation sites excluding steroid dienone is 4. The summed E-state index contributed by atoms with van der Waals surface area (Å²) in [6, 6.07) is 3.74. The summed E-state index contributed by atoms with van der Waals surface area (Å²) in [5.41, 5.74) is 3.01. The molecule has 1 aliphatic heterocycles. The topological polar surface area (TPSA) is 49.8 Å². The molecular weight excluding hydrogens is 278 g/mol. The fourth-order valence-corrected chi connectivity index (χ4v) is 3.03. The minimum Gasteiger partial charge on any atom is -0.506 e. The Bertz CT molecular complexity index is 640. The van der Waals surface area contributed by atoms with Crippen molar-refractivity contribution in [3.63, 3.8) is 0 Å². The molecule has 4 nitrogen and oxygen atoms in total. The van der Waals surface area contributed by atoms with Gasteiger partial charge in [-0.15, -0.1) is 0 Å². The zero-order chi connectivity index (χ0) is 15.5. The molecule has 0 unspecified atom stereocenters. The van der Waals surface area contributed by atoms with Gasteiger partial charge in [0.05, 0.1) is 6.61 Å². The number of ether oxygens (including phenoxy) is 1. The number of carbonyl (C=O) groups excluding carboxylic acids is 1. The molecule has 1 saturated heterocycles. The van der Waals surface area contributed by atoms with Crippen molar-refractivity contribution in [3.05, 3.63) is 41.5 Å². The minimum absolute atomic E-state index is 0.0244. The molecule has 1 heterocycles. The van der Waals surface area contributed by atoms with Gasteiger partial charge in [-0.2, -0.15) is 0 Å². The molecule has 2 aliphatic rings. The van der Waals surface area contributed by atoms with E-state index in [1.165, 1.54) is 0 Å². The molecule has 0 amide bonds. The van der Waals surface area contributed by atoms with Crippen molar-refractivity contribution in [2.45, 2.75) is 26.2 Å². The molecule has 1 N–H and O–H groups in total. The molecule has 4 heteroatoms. The monoisotopic (exact) mass is 299 g/mol. The van der Waals surface area contributed by atoms with Gasteiger partial charge in [-0.1, -0.05) is 18.2 Å². The highest BCUT2D eigenvalue weighted by Gasteiger charge is 2.22. The first-order valence-electron chi connectivity index (χ1n) is 7.86. The van der Waals surface area contributed by atoms with Crippen LogP contribution in [0, 0.1) is 0 Å². The standard InChI is InChI=1S/C18H21NO3/c1-2-22-18(21)16-12-14(19-9-5-6-10-19)11-15(17(16)20)13-7-3-4-8-13/h3-4,7,11-12,20H,2,5-6,8-10H2,1H3. The Kier molecular flexibility index (Phi) is 4.18. The molecule has 3 rings (SSSR count). The molecule has 1 fully saturated rings. The summed E-state index contributed by atoms with van der Waals surface area (Å²) in [5, 5.41) is 10.5. The van der Waals surface area contributed by atoms with Gasteiger partial charge in [0.15, 0.2) is 0 Å². The number of phenolic OH excluding ortho intramolecular Hbond substituents is 1. The first-order chi connectivity index (χ1) is 10.7. The van der Waals surface area contributed by atoms with E-state index in [2.05, 4.69) is 4.90 Å². The molecule has 116 valence electrons. The lowest BCUT2D eigenvalue weighted by Crippen LogP contribution is -2.18. The Labute approximate surface area is 130 Å². The molecule has 0 bridgehead atoms. The Balaban J connectivity index is 2.05. The number of nitrogens with zero attached hydrogens (tertiary/aromatic N) is 1. The van der Waals surface area contributed by atoms with Crippen LogP contribution in [0.15, 0.2) is 30.4 Å². The average molecular weight is 299 g/mol. The molecule has 0 saturated carbocycles. The lowest BCUT2D eigenvalue weighted by atomic mass is 9.99. The van der Waals surface area contributed by atoms with Crippen molar-refractivity contribution in [3.8, 4) is 5.75 Å². The van der Waals surface area contributed by atoms with E-state index in [0.717, 1.165) is 49.2 Å². The number of hydrogen-bond donors (Lipinski definition) is 1. The van der Waals surface area contributed by atoms with Gasteiger partial charge >= 0.3 is 5.97 Å². The van der Waals surface area contributed by atoms with Crippen LogP contribution < -0.4 is 4.90 Å². The van der Waals surface area contributed by atoms with Crippen LogP contribution >= 0.6 is 0 Å². The van der Waals surface area contributed by atoms with Crippen molar-refractivity contribution in [2.75, 3.05) is 24.6 Å². The largest absolute Gasteiger partial charge is 0.506 e. The Morgan fingerprint density at radius 3 is 2.73 bits per heavy atom. The van der Waals surface area contributed by atoms with Gasteiger partial charge in [0.1, 0.15) is 11.3 Å². The van der Waals surface area contributed by atoms with E-state index in [9.17, 15) is 9.90 Å². The fourth-order valence-electron chi connectivity index (χ4n) is 3.03. The van der Waals surface area contributed by atoms with Gasteiger partial charge in [0.25, 0.3) is 0 Å². The quantitative estimate of drug-likeness (QED) is 0.864. The van der Waals surface area contributed by atoms with Crippen LogP contribution in [0.3, 0.4) is 0 Å². The summed E-state index contributed by atoms with van der Waals surface area (Å²) in [6.45, 7) is 4.04. The molecule has 0 spiro atoms. The zero-order valence-corrected chi connectivity index (χ0v) is 12.8.